The number of nitrogens with one attached hydrogen (secondary N) is 3. The molecule has 0 saturated carbocycles. The number of nitrogens with zero attached hydrogens (tertiary/aromatic N) is 3. The number of rotatable bonds is 8. The Balaban J connectivity index is 1.58. The van der Waals surface area contributed by atoms with Crippen LogP contribution in [0.1, 0.15) is 35.2 Å². The quantitative estimate of drug-likeness (QED) is 0.421. The van der Waals surface area contributed by atoms with Gasteiger partial charge in [0.25, 0.3) is 5.91 Å². The second-order valence-electron chi connectivity index (χ2n) is 7.63. The van der Waals surface area contributed by atoms with E-state index in [0.29, 0.717) is 27.1 Å². The molecule has 1 unspecified atom stereocenters. The summed E-state index contributed by atoms with van der Waals surface area (Å²) in [4.78, 5) is 31.2. The van der Waals surface area contributed by atoms with Gasteiger partial charge in [-0.25, -0.2) is 4.98 Å². The van der Waals surface area contributed by atoms with Crippen molar-refractivity contribution >= 4 is 22.8 Å². The molecule has 184 valence electrons. The summed E-state index contributed by atoms with van der Waals surface area (Å²) in [6, 6.07) is 6.05. The van der Waals surface area contributed by atoms with Gasteiger partial charge in [-0.1, -0.05) is 13.0 Å². The average molecular weight is 490 g/mol. The fourth-order valence-corrected chi connectivity index (χ4v) is 3.05. The molecule has 8 nitrogen and oxygen atoms in total. The number of hydrogen-bond donors (Lipinski definition) is 3. The number of carbonyl (C=O) groups excluding carboxylic acids is 2. The third-order valence-electron chi connectivity index (χ3n) is 4.83. The number of imidazole rings is 1. The molecule has 2 aromatic heterocycles. The van der Waals surface area contributed by atoms with Gasteiger partial charge in [0.2, 0.25) is 5.91 Å². The van der Waals surface area contributed by atoms with E-state index in [1.807, 2.05) is 0 Å². The second kappa shape index (κ2) is 9.73. The molecule has 14 heteroatoms. The average Bonchev–Trinajstić information content (AvgIpc) is 3.34. The van der Waals surface area contributed by atoms with Crippen molar-refractivity contribution in [2.45, 2.75) is 45.3 Å². The van der Waals surface area contributed by atoms with E-state index in [1.54, 1.807) is 18.2 Å². The molecular formula is C20H20F6N6O2. The Hall–Kier alpha value is -3.58. The van der Waals surface area contributed by atoms with Crippen molar-refractivity contribution in [1.29, 1.82) is 0 Å². The first-order valence-electron chi connectivity index (χ1n) is 9.99. The standard InChI is InChI=1S/C20H20F6N6O2/c1-11(20(24,25)26)6-17(33)27-8-12-2-3-13-14(7-12)31-16(30-13)9-28-18(34)15-4-5-29-32(15)10-19(21,22)23/h2-5,7,11H,6,8-10H2,1H3,(H,27,33)(H,28,34)(H,30,31). The third kappa shape index (κ3) is 6.71. The van der Waals surface area contributed by atoms with Gasteiger partial charge in [0, 0.05) is 19.2 Å². The highest BCUT2D eigenvalue weighted by Gasteiger charge is 2.37. The van der Waals surface area contributed by atoms with Crippen molar-refractivity contribution < 1.29 is 35.9 Å². The molecule has 0 fully saturated rings. The highest BCUT2D eigenvalue weighted by atomic mass is 19.4. The Kier molecular flexibility index (Phi) is 7.17. The molecule has 0 bridgehead atoms. The fourth-order valence-electron chi connectivity index (χ4n) is 3.05. The lowest BCUT2D eigenvalue weighted by Gasteiger charge is -2.15. The van der Waals surface area contributed by atoms with Crippen LogP contribution in [0.15, 0.2) is 30.5 Å². The smallest absolute Gasteiger partial charge is 0.352 e. The summed E-state index contributed by atoms with van der Waals surface area (Å²) in [6.07, 6.45) is -8.57. The lowest BCUT2D eigenvalue weighted by molar-refractivity contribution is -0.174. The zero-order valence-electron chi connectivity index (χ0n) is 17.7. The van der Waals surface area contributed by atoms with Crippen LogP contribution in [0, 0.1) is 5.92 Å². The highest BCUT2D eigenvalue weighted by molar-refractivity contribution is 5.92. The largest absolute Gasteiger partial charge is 0.408 e. The maximum Gasteiger partial charge on any atom is 0.408 e. The van der Waals surface area contributed by atoms with Crippen molar-refractivity contribution in [3.63, 3.8) is 0 Å². The second-order valence-corrected chi connectivity index (χ2v) is 7.63. The van der Waals surface area contributed by atoms with Crippen molar-refractivity contribution in [3.8, 4) is 0 Å². The predicted molar refractivity (Wildman–Crippen MR) is 107 cm³/mol. The molecule has 34 heavy (non-hydrogen) atoms. The summed E-state index contributed by atoms with van der Waals surface area (Å²) in [5.74, 6) is -2.93. The number of alkyl halides is 6. The summed E-state index contributed by atoms with van der Waals surface area (Å²) in [5, 5.41) is 8.40. The van der Waals surface area contributed by atoms with E-state index in [0.717, 1.165) is 19.2 Å². The molecule has 3 rings (SSSR count). The van der Waals surface area contributed by atoms with E-state index in [2.05, 4.69) is 25.7 Å². The maximum atomic E-state index is 12.6. The fraction of sp³-hybridized carbons (Fsp3) is 0.400. The van der Waals surface area contributed by atoms with Crippen LogP contribution in [0.25, 0.3) is 11.0 Å². The van der Waals surface area contributed by atoms with Gasteiger partial charge in [0.05, 0.1) is 23.5 Å². The van der Waals surface area contributed by atoms with Crippen LogP contribution in [0.4, 0.5) is 26.3 Å². The monoisotopic (exact) mass is 490 g/mol. The zero-order chi connectivity index (χ0) is 25.1. The number of aromatic amines is 1. The number of benzene rings is 1. The molecule has 0 aliphatic heterocycles. The molecule has 1 aromatic carbocycles. The van der Waals surface area contributed by atoms with Crippen LogP contribution >= 0.6 is 0 Å². The Bertz CT molecular complexity index is 1170. The van der Waals surface area contributed by atoms with Gasteiger partial charge in [-0.3, -0.25) is 14.3 Å². The van der Waals surface area contributed by atoms with Crippen LogP contribution in [0.2, 0.25) is 0 Å². The van der Waals surface area contributed by atoms with Crippen LogP contribution in [0.5, 0.6) is 0 Å². The van der Waals surface area contributed by atoms with Crippen LogP contribution in [-0.4, -0.2) is 43.9 Å². The minimum Gasteiger partial charge on any atom is -0.352 e. The van der Waals surface area contributed by atoms with E-state index >= 15 is 0 Å². The van der Waals surface area contributed by atoms with E-state index in [1.165, 1.54) is 0 Å². The summed E-state index contributed by atoms with van der Waals surface area (Å²) >= 11 is 0. The van der Waals surface area contributed by atoms with Gasteiger partial charge in [0.15, 0.2) is 0 Å². The lowest BCUT2D eigenvalue weighted by atomic mass is 10.1. The van der Waals surface area contributed by atoms with Crippen molar-refractivity contribution in [2.24, 2.45) is 5.92 Å². The molecule has 3 N–H and O–H groups in total. The van der Waals surface area contributed by atoms with Crippen LogP contribution < -0.4 is 10.6 Å². The minimum absolute atomic E-state index is 0.00757. The zero-order valence-corrected chi connectivity index (χ0v) is 17.7. The van der Waals surface area contributed by atoms with Gasteiger partial charge in [-0.15, -0.1) is 0 Å². The normalized spacial score (nSPS) is 13.1. The van der Waals surface area contributed by atoms with Crippen molar-refractivity contribution in [1.82, 2.24) is 30.4 Å². The highest BCUT2D eigenvalue weighted by Crippen LogP contribution is 2.28. The molecular weight excluding hydrogens is 470 g/mol. The number of halogens is 6. The molecule has 0 spiro atoms. The SMILES string of the molecule is CC(CC(=O)NCc1ccc2nc(CNC(=O)c3ccnn3CC(F)(F)F)[nH]c2c1)C(F)(F)F. The maximum absolute atomic E-state index is 12.6. The first-order chi connectivity index (χ1) is 15.8. The van der Waals surface area contributed by atoms with Crippen LogP contribution in [0.3, 0.4) is 0 Å². The predicted octanol–water partition coefficient (Wildman–Crippen LogP) is 3.46. The Labute approximate surface area is 188 Å². The van der Waals surface area contributed by atoms with Gasteiger partial charge in [-0.2, -0.15) is 31.4 Å². The van der Waals surface area contributed by atoms with Gasteiger partial charge >= 0.3 is 12.4 Å². The summed E-state index contributed by atoms with van der Waals surface area (Å²) in [6.45, 7) is -0.567. The number of hydrogen-bond acceptors (Lipinski definition) is 4. The summed E-state index contributed by atoms with van der Waals surface area (Å²) in [7, 11) is 0. The molecule has 2 amide bonds. The van der Waals surface area contributed by atoms with Gasteiger partial charge in [0.1, 0.15) is 18.1 Å². The molecule has 1 atom stereocenters. The molecule has 0 saturated heterocycles. The van der Waals surface area contributed by atoms with E-state index in [4.69, 9.17) is 0 Å². The number of H-pyrrole nitrogens is 1. The Morgan fingerprint density at radius 3 is 2.50 bits per heavy atom. The van der Waals surface area contributed by atoms with E-state index in [-0.39, 0.29) is 18.8 Å². The summed E-state index contributed by atoms with van der Waals surface area (Å²) in [5.41, 5.74) is 1.41. The van der Waals surface area contributed by atoms with E-state index in [9.17, 15) is 35.9 Å². The summed E-state index contributed by atoms with van der Waals surface area (Å²) < 4.78 is 76.0. The Morgan fingerprint density at radius 1 is 1.09 bits per heavy atom. The van der Waals surface area contributed by atoms with Gasteiger partial charge in [-0.05, 0) is 23.8 Å². The number of fused-ring (bicyclic) bond motifs is 1. The van der Waals surface area contributed by atoms with Crippen LogP contribution in [-0.2, 0) is 24.4 Å². The van der Waals surface area contributed by atoms with E-state index < -0.39 is 43.1 Å². The number of carbonyl (C=O) groups is 2. The number of aromatic nitrogens is 4. The molecule has 0 aliphatic rings. The van der Waals surface area contributed by atoms with Crippen molar-refractivity contribution in [3.05, 3.63) is 47.5 Å². The first-order valence-corrected chi connectivity index (χ1v) is 9.99. The first kappa shape index (κ1) is 25.1. The topological polar surface area (TPSA) is 105 Å². The lowest BCUT2D eigenvalue weighted by Crippen LogP contribution is -2.29. The van der Waals surface area contributed by atoms with Gasteiger partial charge < -0.3 is 15.6 Å². The molecule has 3 aromatic rings. The molecule has 2 heterocycles. The molecule has 0 radical (unpaired) electrons. The minimum atomic E-state index is -4.53. The third-order valence-corrected chi connectivity index (χ3v) is 4.83. The Morgan fingerprint density at radius 2 is 1.82 bits per heavy atom. The molecule has 0 aliphatic carbocycles. The van der Waals surface area contributed by atoms with Crippen molar-refractivity contribution in [2.75, 3.05) is 0 Å². The number of amides is 2.